The van der Waals surface area contributed by atoms with E-state index in [4.69, 9.17) is 23.2 Å². The molecule has 0 N–H and O–H groups in total. The van der Waals surface area contributed by atoms with E-state index in [9.17, 15) is 26.5 Å². The largest absolute Gasteiger partial charge is 2.00 e. The van der Waals surface area contributed by atoms with Crippen LogP contribution in [0, 0.1) is 0 Å². The van der Waals surface area contributed by atoms with Gasteiger partial charge in [0.2, 0.25) is 0 Å². The van der Waals surface area contributed by atoms with Crippen LogP contribution in [0.5, 0.6) is 0 Å². The van der Waals surface area contributed by atoms with Gasteiger partial charge in [0, 0.05) is 4.90 Å². The maximum Gasteiger partial charge on any atom is 2.00 e. The van der Waals surface area contributed by atoms with Crippen molar-refractivity contribution < 1.29 is 26.5 Å². The zero-order chi connectivity index (χ0) is 23.1. The van der Waals surface area contributed by atoms with Crippen LogP contribution in [0.1, 0.15) is 6.92 Å². The molecule has 0 spiro atoms. The van der Waals surface area contributed by atoms with Crippen molar-refractivity contribution in [3.8, 4) is 0 Å². The molecule has 0 saturated carbocycles. The molecule has 1 aliphatic heterocycles. The Morgan fingerprint density at radius 1 is 1.12 bits per heavy atom. The van der Waals surface area contributed by atoms with Gasteiger partial charge in [0.05, 0.1) is 26.3 Å². The Bertz CT molecular complexity index is 1360. The second kappa shape index (κ2) is 10.0. The van der Waals surface area contributed by atoms with Gasteiger partial charge in [-0.15, -0.1) is 0 Å². The third kappa shape index (κ3) is 5.88. The van der Waals surface area contributed by atoms with Crippen molar-refractivity contribution in [3.63, 3.8) is 0 Å². The summed E-state index contributed by atoms with van der Waals surface area (Å²) in [7, 11) is -8.71. The minimum atomic E-state index is -4.95. The number of hydrazone groups is 1. The first-order valence-corrected chi connectivity index (χ1v) is 12.0. The molecule has 1 amide bonds. The van der Waals surface area contributed by atoms with E-state index in [-0.39, 0.29) is 64.1 Å². The van der Waals surface area contributed by atoms with Crippen molar-refractivity contribution >= 4 is 110 Å². The zero-order valence-electron chi connectivity index (χ0n) is 16.3. The smallest absolute Gasteiger partial charge is 0.774 e. The Hall–Kier alpha value is -1.09. The molecule has 0 saturated heterocycles. The standard InChI is InChI=1S/C17H14Cl2N4O6S2.Ca/c1-9-16(21-20-14-7-12(18)13(19)8-15(14)31(27,28)29)17(24)23(22-9)10-4-3-5-11(6-10)30(2,25)26;/h3-8,16H,2H2,1H3,(H,25,26)(H,27,28,29);/q;+2/p-2. The average Bonchev–Trinajstić information content (AvgIpc) is 2.95. The van der Waals surface area contributed by atoms with Gasteiger partial charge in [-0.2, -0.15) is 20.3 Å². The molecule has 2 aromatic rings. The van der Waals surface area contributed by atoms with Crippen LogP contribution in [0.25, 0.3) is 0 Å². The average molecular weight is 543 g/mol. The monoisotopic (exact) mass is 542 g/mol. The summed E-state index contributed by atoms with van der Waals surface area (Å²) in [5.74, 6) is 2.39. The van der Waals surface area contributed by atoms with Crippen molar-refractivity contribution in [3.05, 3.63) is 46.4 Å². The number of rotatable bonds is 5. The Morgan fingerprint density at radius 2 is 1.75 bits per heavy atom. The molecule has 2 unspecified atom stereocenters. The van der Waals surface area contributed by atoms with Crippen molar-refractivity contribution in [2.75, 3.05) is 5.01 Å². The molecule has 0 aromatic heterocycles. The third-order valence-electron chi connectivity index (χ3n) is 4.07. The number of halogens is 2. The van der Waals surface area contributed by atoms with Gasteiger partial charge in [-0.3, -0.25) is 9.00 Å². The molecular weight excluding hydrogens is 531 g/mol. The Kier molecular flexibility index (Phi) is 8.52. The first-order valence-electron chi connectivity index (χ1n) is 8.22. The summed E-state index contributed by atoms with van der Waals surface area (Å²) in [6.45, 7) is 1.48. The molecule has 15 heteroatoms. The number of amides is 1. The number of anilines is 1. The molecule has 32 heavy (non-hydrogen) atoms. The minimum Gasteiger partial charge on any atom is -0.774 e. The van der Waals surface area contributed by atoms with Crippen molar-refractivity contribution in [2.45, 2.75) is 22.8 Å². The van der Waals surface area contributed by atoms with E-state index in [0.29, 0.717) is 0 Å². The van der Waals surface area contributed by atoms with Crippen molar-refractivity contribution in [1.29, 1.82) is 0 Å². The molecular formula is C17H12CaCl2N4O6S2. The topological polar surface area (TPSA) is 155 Å². The van der Waals surface area contributed by atoms with Gasteiger partial charge in [-0.1, -0.05) is 44.9 Å². The molecule has 2 aromatic carbocycles. The van der Waals surface area contributed by atoms with Gasteiger partial charge >= 0.3 is 37.7 Å². The van der Waals surface area contributed by atoms with E-state index in [2.05, 4.69) is 21.2 Å². The maximum atomic E-state index is 12.8. The summed E-state index contributed by atoms with van der Waals surface area (Å²) in [5, 5.41) is 12.3. The van der Waals surface area contributed by atoms with E-state index < -0.39 is 42.5 Å². The van der Waals surface area contributed by atoms with Crippen LogP contribution in [0.3, 0.4) is 0 Å². The number of hydrogen-bond donors (Lipinski definition) is 0. The number of carbonyl (C=O) groups excluding carboxylic acids is 1. The summed E-state index contributed by atoms with van der Waals surface area (Å²) in [5.41, 5.74) is -0.0408. The van der Waals surface area contributed by atoms with E-state index in [1.54, 1.807) is 0 Å². The quantitative estimate of drug-likeness (QED) is 0.244. The molecule has 2 atom stereocenters. The van der Waals surface area contributed by atoms with E-state index >= 15 is 0 Å². The third-order valence-corrected chi connectivity index (χ3v) is 6.63. The van der Waals surface area contributed by atoms with Crippen LogP contribution in [0.4, 0.5) is 11.4 Å². The maximum absolute atomic E-state index is 12.8. The van der Waals surface area contributed by atoms with Crippen LogP contribution in [0.2, 0.25) is 10.0 Å². The fourth-order valence-electron chi connectivity index (χ4n) is 2.60. The SMILES string of the molecule is C=S(=O)([O-])c1cccc(N2N=C(C)C(N=Nc3cc(Cl)c(Cl)cc3S(=O)(=O)[O-])C2=O)c1.[Ca+2]. The zero-order valence-corrected chi connectivity index (χ0v) is 21.6. The molecule has 0 aliphatic carbocycles. The molecule has 0 fully saturated rings. The Labute approximate surface area is 223 Å². The van der Waals surface area contributed by atoms with Crippen LogP contribution in [-0.4, -0.2) is 83.0 Å². The van der Waals surface area contributed by atoms with Gasteiger partial charge in [0.15, 0.2) is 6.04 Å². The van der Waals surface area contributed by atoms with Crippen molar-refractivity contribution in [2.24, 2.45) is 15.3 Å². The predicted octanol–water partition coefficient (Wildman–Crippen LogP) is 2.60. The molecule has 0 bridgehead atoms. The molecule has 1 heterocycles. The van der Waals surface area contributed by atoms with Crippen LogP contribution in [0.15, 0.2) is 61.5 Å². The first-order chi connectivity index (χ1) is 14.3. The van der Waals surface area contributed by atoms with Crippen LogP contribution < -0.4 is 5.01 Å². The Morgan fingerprint density at radius 3 is 2.34 bits per heavy atom. The predicted molar refractivity (Wildman–Crippen MR) is 120 cm³/mol. The second-order valence-corrected chi connectivity index (χ2v) is 10.2. The second-order valence-electron chi connectivity index (χ2n) is 6.31. The summed E-state index contributed by atoms with van der Waals surface area (Å²) >= 11 is 11.6. The fourth-order valence-corrected chi connectivity index (χ4v) is 4.19. The molecule has 10 nitrogen and oxygen atoms in total. The van der Waals surface area contributed by atoms with E-state index in [1.165, 1.54) is 31.2 Å². The molecule has 1 aliphatic rings. The van der Waals surface area contributed by atoms with Gasteiger partial charge < -0.3 is 9.11 Å². The summed E-state index contributed by atoms with van der Waals surface area (Å²) in [6.07, 6.45) is 0. The van der Waals surface area contributed by atoms with Crippen molar-refractivity contribution in [1.82, 2.24) is 0 Å². The summed E-state index contributed by atoms with van der Waals surface area (Å²) < 4.78 is 57.8. The fraction of sp³-hybridized carbons (Fsp3) is 0.118. The molecule has 3 rings (SSSR count). The number of benzene rings is 2. The molecule has 0 radical (unpaired) electrons. The van der Waals surface area contributed by atoms with Crippen LogP contribution in [-0.2, 0) is 24.7 Å². The number of hydrogen-bond acceptors (Lipinski definition) is 9. The number of nitrogens with zero attached hydrogens (tertiary/aromatic N) is 4. The van der Waals surface area contributed by atoms with Gasteiger partial charge in [-0.25, -0.2) is 8.42 Å². The number of carbonyl (C=O) groups is 1. The van der Waals surface area contributed by atoms with Crippen LogP contribution >= 0.6 is 23.2 Å². The van der Waals surface area contributed by atoms with Gasteiger partial charge in [0.25, 0.3) is 5.91 Å². The van der Waals surface area contributed by atoms with Gasteiger partial charge in [0.1, 0.15) is 15.8 Å². The normalized spacial score (nSPS) is 18.4. The number of azo groups is 1. The summed E-state index contributed by atoms with van der Waals surface area (Å²) in [4.78, 5) is 11.9. The van der Waals surface area contributed by atoms with Gasteiger partial charge in [-0.05, 0) is 37.3 Å². The van der Waals surface area contributed by atoms with E-state index in [0.717, 1.165) is 17.1 Å². The minimum absolute atomic E-state index is 0. The molecule has 164 valence electrons. The summed E-state index contributed by atoms with van der Waals surface area (Å²) in [6, 6.07) is 6.05. The first kappa shape index (κ1) is 27.2. The van der Waals surface area contributed by atoms with E-state index in [1.807, 2.05) is 0 Å². The Balaban J connectivity index is 0.00000363.